The maximum atomic E-state index is 7.83. The van der Waals surface area contributed by atoms with E-state index in [1.807, 2.05) is 0 Å². The van der Waals surface area contributed by atoms with E-state index in [2.05, 4.69) is 170 Å². The molecule has 0 saturated carbocycles. The van der Waals surface area contributed by atoms with Crippen LogP contribution in [-0.2, 0) is 9.64 Å². The molecule has 4 aromatic rings. The van der Waals surface area contributed by atoms with Crippen molar-refractivity contribution in [2.45, 2.75) is 7.87 Å². The molecule has 0 amide bonds. The van der Waals surface area contributed by atoms with E-state index in [1.54, 1.807) is 0 Å². The molecule has 0 atom stereocenters. The number of benzene rings is 4. The van der Waals surface area contributed by atoms with Gasteiger partial charge in [0.25, 0.3) is 0 Å². The number of rotatable bonds is 6. The fourth-order valence-corrected chi connectivity index (χ4v) is 40.4. The van der Waals surface area contributed by atoms with Crippen LogP contribution in [0.25, 0.3) is 0 Å². The predicted octanol–water partition coefficient (Wildman–Crippen LogP) is 5.00. The molecule has 0 aromatic heterocycles. The number of hydrogen-bond acceptors (Lipinski definition) is 3. The van der Waals surface area contributed by atoms with E-state index < -0.39 is 36.3 Å². The molecule has 4 aromatic carbocycles. The normalized spacial score (nSPS) is 20.7. The second-order valence-electron chi connectivity index (χ2n) is 10.3. The van der Waals surface area contributed by atoms with Gasteiger partial charge in [-0.15, -0.1) is 0 Å². The van der Waals surface area contributed by atoms with Gasteiger partial charge >= 0.3 is 245 Å². The minimum absolute atomic E-state index is 0.106. The molecule has 3 aliphatic rings. The fourth-order valence-electron chi connectivity index (χ4n) is 6.04. The molecule has 0 spiro atoms. The molecular weight excluding hydrogens is 631 g/mol. The first kappa shape index (κ1) is 25.9. The molecule has 0 radical (unpaired) electrons. The summed E-state index contributed by atoms with van der Waals surface area (Å²) in [7, 11) is -6.62. The molecule has 1 fully saturated rings. The quantitative estimate of drug-likeness (QED) is 0.273. The summed E-state index contributed by atoms with van der Waals surface area (Å²) in [6, 6.07) is 42.6. The molecule has 196 valence electrons. The van der Waals surface area contributed by atoms with Crippen molar-refractivity contribution in [2.75, 3.05) is 0 Å². The average molecular weight is 661 g/mol. The Morgan fingerprint density at radius 2 is 0.675 bits per heavy atom. The summed E-state index contributed by atoms with van der Waals surface area (Å²) >= 11 is -4.26. The minimum atomic E-state index is -4.26. The molecule has 1 aliphatic heterocycles. The van der Waals surface area contributed by atoms with Gasteiger partial charge in [-0.25, -0.2) is 0 Å². The summed E-state index contributed by atoms with van der Waals surface area (Å²) in [5.74, 6) is 0. The van der Waals surface area contributed by atoms with Crippen LogP contribution in [0.1, 0.15) is 0 Å². The molecule has 7 rings (SSSR count). The first-order chi connectivity index (χ1) is 19.8. The first-order valence-corrected chi connectivity index (χ1v) is 23.0. The van der Waals surface area contributed by atoms with Crippen molar-refractivity contribution in [1.82, 2.24) is 0 Å². The second-order valence-corrected chi connectivity index (χ2v) is 27.7. The van der Waals surface area contributed by atoms with Crippen molar-refractivity contribution in [3.63, 3.8) is 0 Å². The molecule has 3 nitrogen and oxygen atoms in total. The zero-order valence-electron chi connectivity index (χ0n) is 22.0. The molecule has 6 heteroatoms. The Bertz CT molecular complexity index is 1360. The van der Waals surface area contributed by atoms with E-state index in [-0.39, 0.29) is 7.87 Å². The van der Waals surface area contributed by atoms with Crippen molar-refractivity contribution in [3.8, 4) is 0 Å². The van der Waals surface area contributed by atoms with E-state index in [1.165, 1.54) is 0 Å². The summed E-state index contributed by atoms with van der Waals surface area (Å²) < 4.78 is 23.6. The summed E-state index contributed by atoms with van der Waals surface area (Å²) in [5.41, 5.74) is 0. The van der Waals surface area contributed by atoms with E-state index >= 15 is 0 Å². The van der Waals surface area contributed by atoms with Gasteiger partial charge in [-0.05, 0) is 0 Å². The van der Waals surface area contributed by atoms with Gasteiger partial charge in [0.05, 0.1) is 0 Å². The Morgan fingerprint density at radius 3 is 0.950 bits per heavy atom. The van der Waals surface area contributed by atoms with Gasteiger partial charge in [-0.1, -0.05) is 0 Å². The average Bonchev–Trinajstić information content (AvgIpc) is 3.79. The molecule has 1 saturated heterocycles. The monoisotopic (exact) mass is 662 g/mol. The third-order valence-electron chi connectivity index (χ3n) is 7.93. The third-order valence-corrected chi connectivity index (χ3v) is 33.7. The van der Waals surface area contributed by atoms with Crippen molar-refractivity contribution < 1.29 is 9.64 Å². The molecule has 1 heterocycles. The fraction of sp³-hybridized carbons (Fsp3) is 0.0588. The molecule has 0 unspecified atom stereocenters. The van der Waals surface area contributed by atoms with Gasteiger partial charge in [0.1, 0.15) is 0 Å². The van der Waals surface area contributed by atoms with Crippen LogP contribution in [0.3, 0.4) is 0 Å². The van der Waals surface area contributed by atoms with E-state index in [0.717, 1.165) is 20.7 Å². The topological polar surface area (TPSA) is 27.7 Å². The van der Waals surface area contributed by atoms with Gasteiger partial charge in [0.2, 0.25) is 0 Å². The SMILES string of the molecule is C1=C[CH]([Sn]2([CH]3C=CC=C3)[O][Si](c3ccccc3)(c3ccccc3)O[Si](c3ccccc3)(c3ccccc3)[O]2)C=C1. The zero-order valence-corrected chi connectivity index (χ0v) is 26.9. The van der Waals surface area contributed by atoms with Crippen LogP contribution in [0.4, 0.5) is 0 Å². The maximum absolute atomic E-state index is 7.83. The first-order valence-electron chi connectivity index (χ1n) is 13.8. The number of allylic oxidation sites excluding steroid dienone is 8. The van der Waals surface area contributed by atoms with E-state index in [4.69, 9.17) is 9.64 Å². The van der Waals surface area contributed by atoms with Crippen LogP contribution < -0.4 is 20.7 Å². The van der Waals surface area contributed by atoms with E-state index in [0.29, 0.717) is 0 Å². The van der Waals surface area contributed by atoms with Crippen LogP contribution in [-0.4, -0.2) is 36.3 Å². The van der Waals surface area contributed by atoms with Crippen LogP contribution in [0.15, 0.2) is 170 Å². The third kappa shape index (κ3) is 4.29. The summed E-state index contributed by atoms with van der Waals surface area (Å²) in [5, 5.41) is 4.47. The van der Waals surface area contributed by atoms with Gasteiger partial charge in [-0.2, -0.15) is 0 Å². The molecule has 0 bridgehead atoms. The summed E-state index contributed by atoms with van der Waals surface area (Å²) in [4.78, 5) is 0. The zero-order chi connectivity index (χ0) is 26.9. The molecule has 0 N–H and O–H groups in total. The summed E-state index contributed by atoms with van der Waals surface area (Å²) in [6.07, 6.45) is 17.8. The Balaban J connectivity index is 1.59. The predicted molar refractivity (Wildman–Crippen MR) is 169 cm³/mol. The van der Waals surface area contributed by atoms with Crippen LogP contribution >= 0.6 is 0 Å². The van der Waals surface area contributed by atoms with Gasteiger partial charge in [0.15, 0.2) is 0 Å². The van der Waals surface area contributed by atoms with Crippen molar-refractivity contribution in [2.24, 2.45) is 0 Å². The van der Waals surface area contributed by atoms with Crippen LogP contribution in [0.2, 0.25) is 7.87 Å². The Labute approximate surface area is 243 Å². The van der Waals surface area contributed by atoms with Gasteiger partial charge < -0.3 is 0 Å². The van der Waals surface area contributed by atoms with Crippen LogP contribution in [0.5, 0.6) is 0 Å². The van der Waals surface area contributed by atoms with E-state index in [9.17, 15) is 0 Å². The van der Waals surface area contributed by atoms with Gasteiger partial charge in [0, 0.05) is 0 Å². The Hall–Kier alpha value is -3.05. The Morgan fingerprint density at radius 1 is 0.400 bits per heavy atom. The molecular formula is C34H30O3Si2Sn. The van der Waals surface area contributed by atoms with Gasteiger partial charge in [-0.3, -0.25) is 0 Å². The second kappa shape index (κ2) is 10.7. The van der Waals surface area contributed by atoms with Crippen molar-refractivity contribution in [1.29, 1.82) is 0 Å². The van der Waals surface area contributed by atoms with Crippen molar-refractivity contribution >= 4 is 57.1 Å². The number of hydrogen-bond donors (Lipinski definition) is 0. The summed E-state index contributed by atoms with van der Waals surface area (Å²) in [6.45, 7) is 0. The Kier molecular flexibility index (Phi) is 6.95. The van der Waals surface area contributed by atoms with Crippen LogP contribution in [0, 0.1) is 0 Å². The molecule has 40 heavy (non-hydrogen) atoms. The standard InChI is InChI=1S/C24H20O3Si2.2C5H5.Sn/c25-28(21-13-5-1-6-14-21,22-15-7-2-8-16-22)27-29(26,23-17-9-3-10-18-23)24-19-11-4-12-20-24;2*1-2-4-5-3-1;/h1-20H;2*1-5H;/q-2;;;+2. The molecule has 2 aliphatic carbocycles. The van der Waals surface area contributed by atoms with Crippen molar-refractivity contribution in [3.05, 3.63) is 170 Å².